The molecular weight excluding hydrogens is 242 g/mol. The van der Waals surface area contributed by atoms with E-state index in [9.17, 15) is 9.90 Å². The number of hydrogen-bond acceptors (Lipinski definition) is 3. The largest absolute Gasteiger partial charge is 0.488 e. The maximum Gasteiger partial charge on any atom is 0.286 e. The molecule has 1 amide bonds. The van der Waals surface area contributed by atoms with Crippen molar-refractivity contribution in [3.8, 4) is 0 Å². The molecular formula is C15H25NO3. The van der Waals surface area contributed by atoms with Crippen LogP contribution in [0.1, 0.15) is 51.9 Å². The molecule has 1 fully saturated rings. The summed E-state index contributed by atoms with van der Waals surface area (Å²) in [7, 11) is 0. The van der Waals surface area contributed by atoms with Crippen molar-refractivity contribution in [1.29, 1.82) is 0 Å². The summed E-state index contributed by atoms with van der Waals surface area (Å²) in [6.07, 6.45) is 9.51. The number of nitrogens with one attached hydrogen (secondary N) is 1. The van der Waals surface area contributed by atoms with Gasteiger partial charge in [-0.2, -0.15) is 0 Å². The van der Waals surface area contributed by atoms with Gasteiger partial charge in [-0.05, 0) is 44.6 Å². The summed E-state index contributed by atoms with van der Waals surface area (Å²) < 4.78 is 5.38. The Hall–Kier alpha value is -1.03. The summed E-state index contributed by atoms with van der Waals surface area (Å²) in [5.74, 6) is 0.600. The number of allylic oxidation sites excluding steroid dienone is 1. The lowest BCUT2D eigenvalue weighted by atomic mass is 9.76. The van der Waals surface area contributed by atoms with E-state index in [0.717, 1.165) is 25.7 Å². The van der Waals surface area contributed by atoms with Crippen LogP contribution in [0.3, 0.4) is 0 Å². The van der Waals surface area contributed by atoms with E-state index in [4.69, 9.17) is 4.74 Å². The highest BCUT2D eigenvalue weighted by Crippen LogP contribution is 2.32. The quantitative estimate of drug-likeness (QED) is 0.820. The molecule has 0 saturated heterocycles. The van der Waals surface area contributed by atoms with Crippen LogP contribution in [0.5, 0.6) is 0 Å². The number of hydrogen-bond donors (Lipinski definition) is 2. The fourth-order valence-corrected chi connectivity index (χ4v) is 3.05. The molecule has 19 heavy (non-hydrogen) atoms. The third kappa shape index (κ3) is 3.50. The summed E-state index contributed by atoms with van der Waals surface area (Å²) >= 11 is 0. The van der Waals surface area contributed by atoms with E-state index >= 15 is 0 Å². The molecule has 1 atom stereocenters. The first-order valence-corrected chi connectivity index (χ1v) is 7.42. The number of ether oxygens (including phenoxy) is 1. The summed E-state index contributed by atoms with van der Waals surface area (Å²) in [5.41, 5.74) is -0.529. The van der Waals surface area contributed by atoms with Crippen LogP contribution in [0.25, 0.3) is 0 Å². The van der Waals surface area contributed by atoms with Gasteiger partial charge in [-0.3, -0.25) is 4.79 Å². The van der Waals surface area contributed by atoms with Gasteiger partial charge in [0.1, 0.15) is 0 Å². The summed E-state index contributed by atoms with van der Waals surface area (Å²) in [6.45, 7) is 2.54. The second kappa shape index (κ2) is 6.42. The van der Waals surface area contributed by atoms with Crippen LogP contribution in [0.4, 0.5) is 0 Å². The minimum Gasteiger partial charge on any atom is -0.488 e. The molecule has 4 heteroatoms. The van der Waals surface area contributed by atoms with Gasteiger partial charge in [0.15, 0.2) is 5.76 Å². The SMILES string of the molecule is C[C@@](CO)(NC(=O)C1=CCCCO1)C1CCCCC1. The molecule has 1 saturated carbocycles. The van der Waals surface area contributed by atoms with Gasteiger partial charge in [0.05, 0.1) is 18.8 Å². The minimum atomic E-state index is -0.529. The number of aliphatic hydroxyl groups excluding tert-OH is 1. The van der Waals surface area contributed by atoms with Gasteiger partial charge in [0, 0.05) is 0 Å². The fourth-order valence-electron chi connectivity index (χ4n) is 3.05. The molecule has 0 unspecified atom stereocenters. The molecule has 1 aliphatic carbocycles. The molecule has 0 aromatic heterocycles. The van der Waals surface area contributed by atoms with E-state index in [-0.39, 0.29) is 12.5 Å². The average Bonchev–Trinajstić information content (AvgIpc) is 2.49. The zero-order valence-corrected chi connectivity index (χ0v) is 11.8. The van der Waals surface area contributed by atoms with Gasteiger partial charge in [0.25, 0.3) is 5.91 Å². The van der Waals surface area contributed by atoms with Gasteiger partial charge in [0.2, 0.25) is 0 Å². The van der Waals surface area contributed by atoms with Crippen LogP contribution < -0.4 is 5.32 Å². The van der Waals surface area contributed by atoms with Gasteiger partial charge in [-0.15, -0.1) is 0 Å². The van der Waals surface area contributed by atoms with Crippen LogP contribution in [0, 0.1) is 5.92 Å². The van der Waals surface area contributed by atoms with E-state index in [1.807, 2.05) is 13.0 Å². The van der Waals surface area contributed by atoms with Gasteiger partial charge >= 0.3 is 0 Å². The van der Waals surface area contributed by atoms with Gasteiger partial charge < -0.3 is 15.2 Å². The number of carbonyl (C=O) groups is 1. The van der Waals surface area contributed by atoms with Crippen molar-refractivity contribution in [1.82, 2.24) is 5.32 Å². The van der Waals surface area contributed by atoms with Crippen molar-refractivity contribution in [2.75, 3.05) is 13.2 Å². The van der Waals surface area contributed by atoms with Crippen molar-refractivity contribution in [3.63, 3.8) is 0 Å². The minimum absolute atomic E-state index is 0.0172. The number of carbonyl (C=O) groups excluding carboxylic acids is 1. The monoisotopic (exact) mass is 267 g/mol. The Kier molecular flexibility index (Phi) is 4.86. The van der Waals surface area contributed by atoms with E-state index in [1.165, 1.54) is 19.3 Å². The lowest BCUT2D eigenvalue weighted by Crippen LogP contribution is -2.55. The Morgan fingerprint density at radius 2 is 2.16 bits per heavy atom. The van der Waals surface area contributed by atoms with Crippen LogP contribution in [0.15, 0.2) is 11.8 Å². The maximum atomic E-state index is 12.2. The standard InChI is InChI=1S/C15H25NO3/c1-15(11-17,12-7-3-2-4-8-12)16-14(18)13-9-5-6-10-19-13/h9,12,17H,2-8,10-11H2,1H3,(H,16,18)/t15-/m0/s1. The number of aliphatic hydroxyl groups is 1. The molecule has 2 rings (SSSR count). The highest BCUT2D eigenvalue weighted by molar-refractivity contribution is 5.92. The fraction of sp³-hybridized carbons (Fsp3) is 0.800. The smallest absolute Gasteiger partial charge is 0.286 e. The first-order chi connectivity index (χ1) is 9.15. The van der Waals surface area contributed by atoms with Crippen molar-refractivity contribution in [2.45, 2.75) is 57.4 Å². The van der Waals surface area contributed by atoms with Crippen LogP contribution in [-0.4, -0.2) is 29.8 Å². The average molecular weight is 267 g/mol. The molecule has 2 N–H and O–H groups in total. The summed E-state index contributed by atoms with van der Waals surface area (Å²) in [4.78, 5) is 12.2. The Morgan fingerprint density at radius 3 is 2.74 bits per heavy atom. The van der Waals surface area contributed by atoms with E-state index in [2.05, 4.69) is 5.32 Å². The van der Waals surface area contributed by atoms with E-state index in [1.54, 1.807) is 0 Å². The first kappa shape index (κ1) is 14.4. The Bertz CT molecular complexity index is 347. The van der Waals surface area contributed by atoms with Crippen molar-refractivity contribution in [2.24, 2.45) is 5.92 Å². The maximum absolute atomic E-state index is 12.2. The van der Waals surface area contributed by atoms with E-state index < -0.39 is 5.54 Å². The predicted molar refractivity (Wildman–Crippen MR) is 73.5 cm³/mol. The van der Waals surface area contributed by atoms with E-state index in [0.29, 0.717) is 18.3 Å². The Balaban J connectivity index is 2.00. The predicted octanol–water partition coefficient (Wildman–Crippen LogP) is 2.13. The zero-order chi connectivity index (χ0) is 13.7. The third-order valence-corrected chi connectivity index (χ3v) is 4.39. The molecule has 4 nitrogen and oxygen atoms in total. The second-order valence-corrected chi connectivity index (χ2v) is 5.92. The second-order valence-electron chi connectivity index (χ2n) is 5.92. The number of amides is 1. The Morgan fingerprint density at radius 1 is 1.42 bits per heavy atom. The van der Waals surface area contributed by atoms with Crippen LogP contribution >= 0.6 is 0 Å². The summed E-state index contributed by atoms with van der Waals surface area (Å²) in [5, 5.41) is 12.7. The molecule has 108 valence electrons. The molecule has 1 aliphatic heterocycles. The number of rotatable bonds is 4. The zero-order valence-electron chi connectivity index (χ0n) is 11.8. The first-order valence-electron chi connectivity index (χ1n) is 7.42. The lowest BCUT2D eigenvalue weighted by Gasteiger charge is -2.39. The van der Waals surface area contributed by atoms with Gasteiger partial charge in [-0.1, -0.05) is 19.3 Å². The van der Waals surface area contributed by atoms with Gasteiger partial charge in [-0.25, -0.2) is 0 Å². The topological polar surface area (TPSA) is 58.6 Å². The summed E-state index contributed by atoms with van der Waals surface area (Å²) in [6, 6.07) is 0. The molecule has 0 bridgehead atoms. The van der Waals surface area contributed by atoms with Crippen molar-refractivity contribution >= 4 is 5.91 Å². The van der Waals surface area contributed by atoms with Crippen molar-refractivity contribution < 1.29 is 14.6 Å². The highest BCUT2D eigenvalue weighted by Gasteiger charge is 2.36. The Labute approximate surface area is 115 Å². The van der Waals surface area contributed by atoms with Crippen LogP contribution in [0.2, 0.25) is 0 Å². The van der Waals surface area contributed by atoms with Crippen molar-refractivity contribution in [3.05, 3.63) is 11.8 Å². The van der Waals surface area contributed by atoms with Crippen LogP contribution in [-0.2, 0) is 9.53 Å². The normalized spacial score (nSPS) is 24.0. The molecule has 2 aliphatic rings. The lowest BCUT2D eigenvalue weighted by molar-refractivity contribution is -0.124. The molecule has 1 heterocycles. The highest BCUT2D eigenvalue weighted by atomic mass is 16.5. The molecule has 0 radical (unpaired) electrons. The third-order valence-electron chi connectivity index (χ3n) is 4.39. The molecule has 0 spiro atoms. The molecule has 0 aromatic carbocycles. The molecule has 0 aromatic rings.